The molecule has 20 heavy (non-hydrogen) atoms. The van der Waals surface area contributed by atoms with Gasteiger partial charge >= 0.3 is 0 Å². The van der Waals surface area contributed by atoms with E-state index in [0.717, 1.165) is 10.9 Å². The van der Waals surface area contributed by atoms with E-state index in [1.165, 1.54) is 5.56 Å². The Hall–Kier alpha value is -1.39. The second-order valence-electron chi connectivity index (χ2n) is 6.77. The molecule has 4 heteroatoms. The van der Waals surface area contributed by atoms with Gasteiger partial charge in [-0.3, -0.25) is 0 Å². The molecule has 0 saturated carbocycles. The largest absolute Gasteiger partial charge is 0.413 e. The molecule has 0 atom stereocenters. The quantitative estimate of drug-likeness (QED) is 0.855. The van der Waals surface area contributed by atoms with E-state index < -0.39 is 8.32 Å². The van der Waals surface area contributed by atoms with E-state index in [4.69, 9.17) is 10.2 Å². The van der Waals surface area contributed by atoms with Gasteiger partial charge in [-0.05, 0) is 41.9 Å². The van der Waals surface area contributed by atoms with Crippen molar-refractivity contribution in [3.8, 4) is 0 Å². The molecule has 0 fully saturated rings. The smallest absolute Gasteiger partial charge is 0.192 e. The van der Waals surface area contributed by atoms with Gasteiger partial charge in [-0.25, -0.2) is 4.98 Å². The van der Waals surface area contributed by atoms with Gasteiger partial charge in [0.25, 0.3) is 0 Å². The Morgan fingerprint density at radius 1 is 1.15 bits per heavy atom. The molecule has 0 spiro atoms. The van der Waals surface area contributed by atoms with Gasteiger partial charge in [0.2, 0.25) is 0 Å². The van der Waals surface area contributed by atoms with E-state index >= 15 is 0 Å². The van der Waals surface area contributed by atoms with E-state index in [0.29, 0.717) is 12.4 Å². The second kappa shape index (κ2) is 5.18. The zero-order valence-electron chi connectivity index (χ0n) is 13.0. The van der Waals surface area contributed by atoms with Crippen LogP contribution in [0.15, 0.2) is 30.3 Å². The fourth-order valence-corrected chi connectivity index (χ4v) is 2.78. The summed E-state index contributed by atoms with van der Waals surface area (Å²) in [6.07, 6.45) is 0. The molecule has 1 aromatic carbocycles. The van der Waals surface area contributed by atoms with Crippen LogP contribution in [0.2, 0.25) is 18.1 Å². The standard InChI is InChI=1S/C16H24N2OSi/c1-16(2,3)20(4,5)19-11-12-7-6-8-14-13(12)9-10-15(17)18-14/h6-10H,11H2,1-5H3,(H2,17,18). The van der Waals surface area contributed by atoms with Crippen molar-refractivity contribution in [3.05, 3.63) is 35.9 Å². The van der Waals surface area contributed by atoms with Crippen LogP contribution in [0, 0.1) is 0 Å². The first-order valence-corrected chi connectivity index (χ1v) is 9.90. The summed E-state index contributed by atoms with van der Waals surface area (Å²) < 4.78 is 6.30. The van der Waals surface area contributed by atoms with Crippen molar-refractivity contribution in [2.45, 2.75) is 45.5 Å². The third kappa shape index (κ3) is 3.02. The number of nitrogens with two attached hydrogens (primary N) is 1. The average Bonchev–Trinajstić information content (AvgIpc) is 2.34. The van der Waals surface area contributed by atoms with Crippen molar-refractivity contribution < 1.29 is 4.43 Å². The maximum absolute atomic E-state index is 6.30. The van der Waals surface area contributed by atoms with Crippen LogP contribution in [-0.4, -0.2) is 13.3 Å². The second-order valence-corrected chi connectivity index (χ2v) is 11.6. The summed E-state index contributed by atoms with van der Waals surface area (Å²) in [5, 5.41) is 1.35. The van der Waals surface area contributed by atoms with Crippen LogP contribution in [0.25, 0.3) is 10.9 Å². The lowest BCUT2D eigenvalue weighted by molar-refractivity contribution is 0.277. The monoisotopic (exact) mass is 288 g/mol. The van der Waals surface area contributed by atoms with Crippen molar-refractivity contribution in [3.63, 3.8) is 0 Å². The average molecular weight is 288 g/mol. The molecule has 0 bridgehead atoms. The molecule has 3 nitrogen and oxygen atoms in total. The van der Waals surface area contributed by atoms with Gasteiger partial charge in [0.15, 0.2) is 8.32 Å². The van der Waals surface area contributed by atoms with Gasteiger partial charge in [-0.2, -0.15) is 0 Å². The summed E-state index contributed by atoms with van der Waals surface area (Å²) in [4.78, 5) is 4.36. The predicted molar refractivity (Wildman–Crippen MR) is 88.1 cm³/mol. The Balaban J connectivity index is 2.27. The summed E-state index contributed by atoms with van der Waals surface area (Å²) in [5.41, 5.74) is 7.85. The van der Waals surface area contributed by atoms with Crippen molar-refractivity contribution >= 4 is 25.0 Å². The molecule has 108 valence electrons. The number of pyridine rings is 1. The lowest BCUT2D eigenvalue weighted by atomic mass is 10.1. The van der Waals surface area contributed by atoms with Crippen LogP contribution >= 0.6 is 0 Å². The maximum atomic E-state index is 6.30. The number of hydrogen-bond acceptors (Lipinski definition) is 3. The normalized spacial score (nSPS) is 12.8. The van der Waals surface area contributed by atoms with Gasteiger partial charge in [-0.15, -0.1) is 0 Å². The van der Waals surface area contributed by atoms with Crippen LogP contribution < -0.4 is 5.73 Å². The van der Waals surface area contributed by atoms with E-state index in [2.05, 4.69) is 44.9 Å². The Kier molecular flexibility index (Phi) is 3.89. The zero-order valence-corrected chi connectivity index (χ0v) is 14.0. The van der Waals surface area contributed by atoms with E-state index in [1.807, 2.05) is 24.3 Å². The first-order valence-electron chi connectivity index (χ1n) is 6.99. The SMILES string of the molecule is CC(C)(C)[Si](C)(C)OCc1cccc2nc(N)ccc12. The molecule has 0 aliphatic rings. The summed E-state index contributed by atoms with van der Waals surface area (Å²) >= 11 is 0. The number of nitrogens with zero attached hydrogens (tertiary/aromatic N) is 1. The number of hydrogen-bond donors (Lipinski definition) is 1. The number of rotatable bonds is 3. The van der Waals surface area contributed by atoms with Gasteiger partial charge in [-0.1, -0.05) is 32.9 Å². The number of benzene rings is 1. The molecule has 0 amide bonds. The third-order valence-electron chi connectivity index (χ3n) is 4.24. The molecule has 2 aromatic rings. The fraction of sp³-hybridized carbons (Fsp3) is 0.438. The van der Waals surface area contributed by atoms with Crippen LogP contribution in [0.3, 0.4) is 0 Å². The number of aromatic nitrogens is 1. The molecule has 0 aliphatic carbocycles. The molecule has 0 aliphatic heterocycles. The molecule has 0 unspecified atom stereocenters. The lowest BCUT2D eigenvalue weighted by Crippen LogP contribution is -2.40. The van der Waals surface area contributed by atoms with E-state index in [9.17, 15) is 0 Å². The van der Waals surface area contributed by atoms with Crippen molar-refractivity contribution in [1.82, 2.24) is 4.98 Å². The Morgan fingerprint density at radius 2 is 1.85 bits per heavy atom. The summed E-state index contributed by atoms with van der Waals surface area (Å²) in [7, 11) is -1.73. The first-order chi connectivity index (χ1) is 9.21. The van der Waals surface area contributed by atoms with E-state index in [1.54, 1.807) is 0 Å². The van der Waals surface area contributed by atoms with Gasteiger partial charge in [0.05, 0.1) is 12.1 Å². The van der Waals surface area contributed by atoms with Crippen LogP contribution in [0.4, 0.5) is 5.82 Å². The Labute approximate surface area is 122 Å². The molecule has 0 radical (unpaired) electrons. The van der Waals surface area contributed by atoms with Crippen molar-refractivity contribution in [2.24, 2.45) is 0 Å². The molecular weight excluding hydrogens is 264 g/mol. The molecule has 2 rings (SSSR count). The Morgan fingerprint density at radius 3 is 2.50 bits per heavy atom. The van der Waals surface area contributed by atoms with Crippen LogP contribution in [-0.2, 0) is 11.0 Å². The molecule has 2 N–H and O–H groups in total. The van der Waals surface area contributed by atoms with Crippen molar-refractivity contribution in [2.75, 3.05) is 5.73 Å². The molecule has 1 aromatic heterocycles. The lowest BCUT2D eigenvalue weighted by Gasteiger charge is -2.36. The van der Waals surface area contributed by atoms with Gasteiger partial charge in [0, 0.05) is 5.39 Å². The highest BCUT2D eigenvalue weighted by molar-refractivity contribution is 6.74. The highest BCUT2D eigenvalue weighted by Gasteiger charge is 2.37. The van der Waals surface area contributed by atoms with Crippen molar-refractivity contribution in [1.29, 1.82) is 0 Å². The van der Waals surface area contributed by atoms with Gasteiger partial charge in [0.1, 0.15) is 5.82 Å². The number of fused-ring (bicyclic) bond motifs is 1. The number of nitrogen functional groups attached to an aromatic ring is 1. The minimum absolute atomic E-state index is 0.222. The topological polar surface area (TPSA) is 48.1 Å². The zero-order chi connectivity index (χ0) is 15.0. The molecule has 0 saturated heterocycles. The Bertz CT molecular complexity index is 617. The summed E-state index contributed by atoms with van der Waals surface area (Å²) in [5.74, 6) is 0.556. The van der Waals surface area contributed by atoms with Gasteiger partial charge < -0.3 is 10.2 Å². The minimum Gasteiger partial charge on any atom is -0.413 e. The number of anilines is 1. The predicted octanol–water partition coefficient (Wildman–Crippen LogP) is 4.34. The summed E-state index contributed by atoms with van der Waals surface area (Å²) in [6, 6.07) is 9.98. The maximum Gasteiger partial charge on any atom is 0.192 e. The molecule has 1 heterocycles. The third-order valence-corrected chi connectivity index (χ3v) is 8.72. The first kappa shape index (κ1) is 15.0. The van der Waals surface area contributed by atoms with Crippen LogP contribution in [0.5, 0.6) is 0 Å². The minimum atomic E-state index is -1.73. The fourth-order valence-electron chi connectivity index (χ4n) is 1.83. The van der Waals surface area contributed by atoms with E-state index in [-0.39, 0.29) is 5.04 Å². The van der Waals surface area contributed by atoms with Crippen LogP contribution in [0.1, 0.15) is 26.3 Å². The highest BCUT2D eigenvalue weighted by Crippen LogP contribution is 2.37. The molecular formula is C16H24N2OSi. The highest BCUT2D eigenvalue weighted by atomic mass is 28.4. The summed E-state index contributed by atoms with van der Waals surface area (Å²) in [6.45, 7) is 11.9.